The van der Waals surface area contributed by atoms with Crippen molar-refractivity contribution in [1.29, 1.82) is 0 Å². The lowest BCUT2D eigenvalue weighted by molar-refractivity contribution is 0.171. The molecule has 0 radical (unpaired) electrons. The molecule has 1 unspecified atom stereocenters. The maximum absolute atomic E-state index is 11.8. The molecule has 0 aromatic rings. The predicted octanol–water partition coefficient (Wildman–Crippen LogP) is 0.238. The van der Waals surface area contributed by atoms with Gasteiger partial charge >= 0.3 is 6.03 Å². The summed E-state index contributed by atoms with van der Waals surface area (Å²) in [6.07, 6.45) is 1.65. The minimum atomic E-state index is -3.14. The van der Waals surface area contributed by atoms with Crippen LogP contribution in [0.3, 0.4) is 0 Å². The Labute approximate surface area is 109 Å². The van der Waals surface area contributed by atoms with Crippen LogP contribution in [0.1, 0.15) is 13.8 Å². The van der Waals surface area contributed by atoms with Gasteiger partial charge in [0.25, 0.3) is 0 Å². The van der Waals surface area contributed by atoms with Crippen LogP contribution in [-0.4, -0.2) is 61.6 Å². The third-order valence-corrected chi connectivity index (χ3v) is 4.87. The van der Waals surface area contributed by atoms with E-state index in [1.807, 2.05) is 6.92 Å². The lowest BCUT2D eigenvalue weighted by Gasteiger charge is -2.34. The summed E-state index contributed by atoms with van der Waals surface area (Å²) in [6.45, 7) is 8.64. The maximum Gasteiger partial charge on any atom is 0.317 e. The molecule has 1 fully saturated rings. The van der Waals surface area contributed by atoms with Crippen molar-refractivity contribution < 1.29 is 13.2 Å². The van der Waals surface area contributed by atoms with Gasteiger partial charge in [-0.05, 0) is 13.8 Å². The fraction of sp³-hybridized carbons (Fsp3) is 0.727. The van der Waals surface area contributed by atoms with Gasteiger partial charge in [0.2, 0.25) is 10.0 Å². The van der Waals surface area contributed by atoms with Crippen molar-refractivity contribution in [3.05, 3.63) is 12.7 Å². The van der Waals surface area contributed by atoms with Crippen LogP contribution in [0, 0.1) is 0 Å². The zero-order chi connectivity index (χ0) is 13.8. The van der Waals surface area contributed by atoms with Crippen molar-refractivity contribution in [1.82, 2.24) is 14.5 Å². The number of hydrogen-bond acceptors (Lipinski definition) is 3. The summed E-state index contributed by atoms with van der Waals surface area (Å²) in [5.41, 5.74) is 0. The van der Waals surface area contributed by atoms with Gasteiger partial charge in [-0.1, -0.05) is 6.08 Å². The molecular formula is C11H21N3O3S. The molecule has 18 heavy (non-hydrogen) atoms. The standard InChI is InChI=1S/C11H21N3O3S/c1-4-10(3)12-11(15)13-6-8-14(9-7-13)18(16,17)5-2/h4,10H,1,5-9H2,2-3H3,(H,12,15). The summed E-state index contributed by atoms with van der Waals surface area (Å²) < 4.78 is 24.7. The van der Waals surface area contributed by atoms with Crippen molar-refractivity contribution in [2.45, 2.75) is 19.9 Å². The average molecular weight is 275 g/mol. The fourth-order valence-electron chi connectivity index (χ4n) is 1.70. The van der Waals surface area contributed by atoms with Crippen molar-refractivity contribution in [3.8, 4) is 0 Å². The van der Waals surface area contributed by atoms with Crippen molar-refractivity contribution >= 4 is 16.1 Å². The summed E-state index contributed by atoms with van der Waals surface area (Å²) in [7, 11) is -3.14. The van der Waals surface area contributed by atoms with E-state index >= 15 is 0 Å². The second-order valence-electron chi connectivity index (χ2n) is 4.26. The molecule has 104 valence electrons. The molecule has 0 spiro atoms. The topological polar surface area (TPSA) is 69.7 Å². The molecule has 0 aromatic carbocycles. The first-order valence-corrected chi connectivity index (χ1v) is 7.67. The highest BCUT2D eigenvalue weighted by molar-refractivity contribution is 7.89. The van der Waals surface area contributed by atoms with Crippen LogP contribution >= 0.6 is 0 Å². The van der Waals surface area contributed by atoms with Gasteiger partial charge in [0.15, 0.2) is 0 Å². The number of piperazine rings is 1. The normalized spacial score (nSPS) is 19.3. The summed E-state index contributed by atoms with van der Waals surface area (Å²) in [5.74, 6) is 0.104. The van der Waals surface area contributed by atoms with Gasteiger partial charge in [0, 0.05) is 32.2 Å². The van der Waals surface area contributed by atoms with Crippen LogP contribution in [-0.2, 0) is 10.0 Å². The minimum absolute atomic E-state index is 0.0881. The highest BCUT2D eigenvalue weighted by atomic mass is 32.2. The molecule has 7 heteroatoms. The molecule has 0 bridgehead atoms. The number of urea groups is 1. The summed E-state index contributed by atoms with van der Waals surface area (Å²) in [6, 6.07) is -0.258. The van der Waals surface area contributed by atoms with E-state index in [0.29, 0.717) is 26.2 Å². The number of carbonyl (C=O) groups excluding carboxylic acids is 1. The number of nitrogens with zero attached hydrogens (tertiary/aromatic N) is 2. The van der Waals surface area contributed by atoms with E-state index in [2.05, 4.69) is 11.9 Å². The van der Waals surface area contributed by atoms with Gasteiger partial charge in [-0.25, -0.2) is 13.2 Å². The van der Waals surface area contributed by atoms with Crippen molar-refractivity contribution in [2.24, 2.45) is 0 Å². The Bertz CT molecular complexity index is 400. The predicted molar refractivity (Wildman–Crippen MR) is 70.8 cm³/mol. The Morgan fingerprint density at radius 2 is 1.94 bits per heavy atom. The van der Waals surface area contributed by atoms with Crippen LogP contribution in [0.25, 0.3) is 0 Å². The molecule has 1 heterocycles. The van der Waals surface area contributed by atoms with Crippen LogP contribution in [0.2, 0.25) is 0 Å². The Kier molecular flexibility index (Phi) is 5.15. The Morgan fingerprint density at radius 1 is 1.39 bits per heavy atom. The minimum Gasteiger partial charge on any atom is -0.332 e. The van der Waals surface area contributed by atoms with Gasteiger partial charge < -0.3 is 10.2 Å². The quantitative estimate of drug-likeness (QED) is 0.747. The Balaban J connectivity index is 2.49. The van der Waals surface area contributed by atoms with Crippen LogP contribution in [0.15, 0.2) is 12.7 Å². The van der Waals surface area contributed by atoms with Gasteiger partial charge in [-0.15, -0.1) is 6.58 Å². The van der Waals surface area contributed by atoms with Gasteiger partial charge in [-0.2, -0.15) is 4.31 Å². The highest BCUT2D eigenvalue weighted by Crippen LogP contribution is 2.08. The maximum atomic E-state index is 11.8. The molecule has 0 aliphatic carbocycles. The molecule has 0 aromatic heterocycles. The summed E-state index contributed by atoms with van der Waals surface area (Å²) in [4.78, 5) is 13.4. The molecule has 2 amide bonds. The molecule has 1 atom stereocenters. The molecule has 1 N–H and O–H groups in total. The number of carbonyl (C=O) groups is 1. The lowest BCUT2D eigenvalue weighted by Crippen LogP contribution is -2.54. The fourth-order valence-corrected chi connectivity index (χ4v) is 2.78. The van der Waals surface area contributed by atoms with Gasteiger partial charge in [0.05, 0.1) is 5.75 Å². The number of hydrogen-bond donors (Lipinski definition) is 1. The third-order valence-electron chi connectivity index (χ3n) is 2.99. The Hall–Kier alpha value is -1.08. The monoisotopic (exact) mass is 275 g/mol. The first-order valence-electron chi connectivity index (χ1n) is 6.06. The molecule has 0 saturated carbocycles. The molecule has 1 aliphatic heterocycles. The van der Waals surface area contributed by atoms with E-state index < -0.39 is 10.0 Å². The largest absolute Gasteiger partial charge is 0.332 e. The third kappa shape index (κ3) is 3.71. The van der Waals surface area contributed by atoms with E-state index in [1.54, 1.807) is 17.9 Å². The van der Waals surface area contributed by atoms with Gasteiger partial charge in [0.1, 0.15) is 0 Å². The smallest absolute Gasteiger partial charge is 0.317 e. The second-order valence-corrected chi connectivity index (χ2v) is 6.52. The zero-order valence-electron chi connectivity index (χ0n) is 10.9. The number of rotatable bonds is 4. The molecule has 1 rings (SSSR count). The first-order chi connectivity index (χ1) is 8.40. The van der Waals surface area contributed by atoms with Gasteiger partial charge in [-0.3, -0.25) is 0 Å². The van der Waals surface area contributed by atoms with E-state index in [0.717, 1.165) is 0 Å². The van der Waals surface area contributed by atoms with Crippen molar-refractivity contribution in [2.75, 3.05) is 31.9 Å². The van der Waals surface area contributed by atoms with Crippen LogP contribution in [0.5, 0.6) is 0 Å². The summed E-state index contributed by atoms with van der Waals surface area (Å²) >= 11 is 0. The zero-order valence-corrected chi connectivity index (χ0v) is 11.7. The first kappa shape index (κ1) is 15.0. The lowest BCUT2D eigenvalue weighted by atomic mass is 10.3. The number of amides is 2. The van der Waals surface area contributed by atoms with Crippen molar-refractivity contribution in [3.63, 3.8) is 0 Å². The number of sulfonamides is 1. The van der Waals surface area contributed by atoms with E-state index in [-0.39, 0.29) is 17.8 Å². The van der Waals surface area contributed by atoms with E-state index in [1.165, 1.54) is 4.31 Å². The van der Waals surface area contributed by atoms with Crippen LogP contribution in [0.4, 0.5) is 4.79 Å². The van der Waals surface area contributed by atoms with Crippen LogP contribution < -0.4 is 5.32 Å². The molecule has 1 saturated heterocycles. The average Bonchev–Trinajstić information content (AvgIpc) is 2.38. The second kappa shape index (κ2) is 6.19. The number of nitrogens with one attached hydrogen (secondary N) is 1. The SMILES string of the molecule is C=CC(C)NC(=O)N1CCN(S(=O)(=O)CC)CC1. The summed E-state index contributed by atoms with van der Waals surface area (Å²) in [5, 5.41) is 2.77. The Morgan fingerprint density at radius 3 is 2.39 bits per heavy atom. The van der Waals surface area contributed by atoms with E-state index in [4.69, 9.17) is 0 Å². The molecular weight excluding hydrogens is 254 g/mol. The molecule has 1 aliphatic rings. The highest BCUT2D eigenvalue weighted by Gasteiger charge is 2.27. The van der Waals surface area contributed by atoms with E-state index in [9.17, 15) is 13.2 Å². The molecule has 6 nitrogen and oxygen atoms in total.